The van der Waals surface area contributed by atoms with Crippen molar-refractivity contribution >= 4 is 33.5 Å². The Labute approximate surface area is 211 Å². The lowest BCUT2D eigenvalue weighted by Gasteiger charge is -2.21. The van der Waals surface area contributed by atoms with Gasteiger partial charge in [0.1, 0.15) is 17.3 Å². The van der Waals surface area contributed by atoms with E-state index >= 15 is 0 Å². The highest BCUT2D eigenvalue weighted by Crippen LogP contribution is 2.32. The van der Waals surface area contributed by atoms with Crippen LogP contribution in [0.1, 0.15) is 28.8 Å². The molecular weight excluding hydrogens is 516 g/mol. The van der Waals surface area contributed by atoms with E-state index in [9.17, 15) is 30.8 Å². The lowest BCUT2D eigenvalue weighted by molar-refractivity contribution is -0.141. The number of ether oxygens (including phenoxy) is 1. The Morgan fingerprint density at radius 2 is 2.08 bits per heavy atom. The van der Waals surface area contributed by atoms with Crippen molar-refractivity contribution in [2.24, 2.45) is 0 Å². The third-order valence-corrected chi connectivity index (χ3v) is 6.02. The molecule has 198 valence electrons. The number of hydrogen-bond donors (Lipinski definition) is 2. The number of carbonyl (C=O) groups is 1. The van der Waals surface area contributed by atoms with Crippen LogP contribution in [0.25, 0.3) is 6.08 Å². The lowest BCUT2D eigenvalue weighted by atomic mass is 10.1. The molecule has 13 heteroatoms. The molecule has 1 aliphatic heterocycles. The number of alkyl halides is 3. The van der Waals surface area contributed by atoms with Gasteiger partial charge in [-0.15, -0.1) is 6.42 Å². The number of benzene rings is 1. The van der Waals surface area contributed by atoms with Crippen LogP contribution in [0.15, 0.2) is 30.3 Å². The molecule has 0 aliphatic carbocycles. The first-order valence-corrected chi connectivity index (χ1v) is 12.8. The van der Waals surface area contributed by atoms with Crippen LogP contribution in [-0.4, -0.2) is 51.9 Å². The van der Waals surface area contributed by atoms with Crippen molar-refractivity contribution < 1.29 is 35.5 Å². The van der Waals surface area contributed by atoms with Crippen LogP contribution < -0.4 is 14.9 Å². The number of terminal acetylenes is 1. The number of pyridine rings is 1. The van der Waals surface area contributed by atoms with E-state index in [0.717, 1.165) is 24.5 Å². The third-order valence-electron chi connectivity index (χ3n) is 5.45. The van der Waals surface area contributed by atoms with E-state index in [4.69, 9.17) is 11.2 Å². The van der Waals surface area contributed by atoms with Crippen molar-refractivity contribution in [3.05, 3.63) is 58.5 Å². The highest BCUT2D eigenvalue weighted by Gasteiger charge is 2.34. The Kier molecular flexibility index (Phi) is 8.45. The second-order valence-corrected chi connectivity index (χ2v) is 10.0. The van der Waals surface area contributed by atoms with Crippen molar-refractivity contribution in [3.8, 4) is 12.3 Å². The predicted molar refractivity (Wildman–Crippen MR) is 131 cm³/mol. The summed E-state index contributed by atoms with van der Waals surface area (Å²) >= 11 is 0. The van der Waals surface area contributed by atoms with Gasteiger partial charge in [0.15, 0.2) is 0 Å². The summed E-state index contributed by atoms with van der Waals surface area (Å²) in [5.74, 6) is 0.748. The summed E-state index contributed by atoms with van der Waals surface area (Å²) in [4.78, 5) is 17.8. The molecule has 0 bridgehead atoms. The molecule has 3 rings (SSSR count). The molecule has 8 nitrogen and oxygen atoms in total. The number of aromatic nitrogens is 1. The van der Waals surface area contributed by atoms with E-state index in [2.05, 4.69) is 16.2 Å². The number of rotatable bonds is 8. The molecule has 1 atom stereocenters. The van der Waals surface area contributed by atoms with E-state index in [-0.39, 0.29) is 35.3 Å². The fourth-order valence-corrected chi connectivity index (χ4v) is 4.27. The second-order valence-electron chi connectivity index (χ2n) is 8.27. The minimum Gasteiger partial charge on any atom is -0.380 e. The van der Waals surface area contributed by atoms with E-state index in [1.807, 2.05) is 4.72 Å². The topological polar surface area (TPSA) is 101 Å². The smallest absolute Gasteiger partial charge is 0.380 e. The van der Waals surface area contributed by atoms with Crippen LogP contribution in [0.4, 0.5) is 29.1 Å². The molecule has 1 aromatic carbocycles. The number of nitrogens with one attached hydrogen (secondary N) is 2. The van der Waals surface area contributed by atoms with Gasteiger partial charge in [-0.25, -0.2) is 17.8 Å². The SMILES string of the molecule is C#Cc1cc(CNC(=O)/C=C\c2ccc(C(F)(F)F)nc2N2CCC(OC)C2)cc(F)c1NS(C)(=O)=O. The number of nitrogens with zero attached hydrogens (tertiary/aromatic N) is 2. The summed E-state index contributed by atoms with van der Waals surface area (Å²) in [5.41, 5.74) is -0.904. The minimum absolute atomic E-state index is 0.0503. The molecule has 0 radical (unpaired) electrons. The van der Waals surface area contributed by atoms with Crippen molar-refractivity contribution in [1.82, 2.24) is 10.3 Å². The van der Waals surface area contributed by atoms with Gasteiger partial charge in [0.25, 0.3) is 0 Å². The maximum Gasteiger partial charge on any atom is 0.433 e. The van der Waals surface area contributed by atoms with Gasteiger partial charge in [0, 0.05) is 38.4 Å². The number of anilines is 2. The predicted octanol–water partition coefficient (Wildman–Crippen LogP) is 3.15. The number of methoxy groups -OCH3 is 1. The maximum absolute atomic E-state index is 14.4. The minimum atomic E-state index is -4.63. The van der Waals surface area contributed by atoms with Gasteiger partial charge in [-0.2, -0.15) is 13.2 Å². The van der Waals surface area contributed by atoms with Crippen molar-refractivity contribution in [2.45, 2.75) is 25.2 Å². The zero-order chi connectivity index (χ0) is 27.4. The van der Waals surface area contributed by atoms with Gasteiger partial charge in [0.2, 0.25) is 15.9 Å². The van der Waals surface area contributed by atoms with Crippen LogP contribution in [0.2, 0.25) is 0 Å². The molecule has 1 amide bonds. The fourth-order valence-electron chi connectivity index (χ4n) is 3.69. The molecule has 1 fully saturated rings. The fraction of sp³-hybridized carbons (Fsp3) is 0.333. The molecule has 2 heterocycles. The summed E-state index contributed by atoms with van der Waals surface area (Å²) in [5, 5.41) is 2.52. The highest BCUT2D eigenvalue weighted by molar-refractivity contribution is 7.92. The number of sulfonamides is 1. The van der Waals surface area contributed by atoms with Gasteiger partial charge in [-0.3, -0.25) is 9.52 Å². The molecule has 1 aliphatic rings. The van der Waals surface area contributed by atoms with Gasteiger partial charge in [-0.05, 0) is 42.3 Å². The molecule has 2 N–H and O–H groups in total. The molecule has 37 heavy (non-hydrogen) atoms. The molecule has 0 saturated carbocycles. The summed E-state index contributed by atoms with van der Waals surface area (Å²) in [6.07, 6.45) is 4.51. The van der Waals surface area contributed by atoms with Crippen molar-refractivity contribution in [2.75, 3.05) is 36.1 Å². The van der Waals surface area contributed by atoms with Gasteiger partial charge < -0.3 is 15.0 Å². The Hall–Kier alpha value is -3.63. The standard InChI is InChI=1S/C24H24F4N4O4S/c1-4-16-11-15(12-19(25)22(16)31-37(3,34)35)13-29-21(33)8-6-17-5-7-20(24(26,27)28)30-23(17)32-10-9-18(14-32)36-2/h1,5-8,11-12,18,31H,9-10,13-14H2,2-3H3,(H,29,33)/b8-6-. The number of amides is 1. The van der Waals surface area contributed by atoms with Crippen molar-refractivity contribution in [1.29, 1.82) is 0 Å². The summed E-state index contributed by atoms with van der Waals surface area (Å²) in [7, 11) is -2.25. The first-order valence-electron chi connectivity index (χ1n) is 10.9. The van der Waals surface area contributed by atoms with Crippen molar-refractivity contribution in [3.63, 3.8) is 0 Å². The molecule has 1 unspecified atom stereocenters. The van der Waals surface area contributed by atoms with Gasteiger partial charge >= 0.3 is 6.18 Å². The normalized spacial score (nSPS) is 16.1. The Morgan fingerprint density at radius 1 is 1.35 bits per heavy atom. The quantitative estimate of drug-likeness (QED) is 0.303. The Balaban J connectivity index is 1.76. The summed E-state index contributed by atoms with van der Waals surface area (Å²) < 4.78 is 84.3. The Morgan fingerprint density at radius 3 is 2.68 bits per heavy atom. The average Bonchev–Trinajstić information content (AvgIpc) is 3.30. The van der Waals surface area contributed by atoms with Crippen LogP contribution in [0.5, 0.6) is 0 Å². The highest BCUT2D eigenvalue weighted by atomic mass is 32.2. The molecule has 0 spiro atoms. The molecule has 2 aromatic rings. The van der Waals surface area contributed by atoms with E-state index in [1.165, 1.54) is 25.3 Å². The largest absolute Gasteiger partial charge is 0.433 e. The summed E-state index contributed by atoms with van der Waals surface area (Å²) in [6, 6.07) is 4.44. The van der Waals surface area contributed by atoms with Crippen LogP contribution in [0.3, 0.4) is 0 Å². The van der Waals surface area contributed by atoms with E-state index in [1.54, 1.807) is 4.90 Å². The lowest BCUT2D eigenvalue weighted by Crippen LogP contribution is -2.25. The monoisotopic (exact) mass is 540 g/mol. The Bertz CT molecular complexity index is 1350. The van der Waals surface area contributed by atoms with Crippen LogP contribution in [0, 0.1) is 18.2 Å². The van der Waals surface area contributed by atoms with Gasteiger partial charge in [-0.1, -0.05) is 5.92 Å². The second kappa shape index (κ2) is 11.2. The maximum atomic E-state index is 14.4. The number of carbonyl (C=O) groups excluding carboxylic acids is 1. The molecular formula is C24H24F4N4O4S. The zero-order valence-corrected chi connectivity index (χ0v) is 20.7. The first kappa shape index (κ1) is 27.9. The molecule has 1 saturated heterocycles. The van der Waals surface area contributed by atoms with Crippen LogP contribution in [-0.2, 0) is 32.3 Å². The average molecular weight is 541 g/mol. The summed E-state index contributed by atoms with van der Waals surface area (Å²) in [6.45, 7) is 0.645. The molecule has 1 aromatic heterocycles. The van der Waals surface area contributed by atoms with Gasteiger partial charge in [0.05, 0.1) is 23.6 Å². The number of halogens is 4. The zero-order valence-electron chi connectivity index (χ0n) is 19.9. The number of hydrogen-bond acceptors (Lipinski definition) is 6. The van der Waals surface area contributed by atoms with E-state index in [0.29, 0.717) is 25.1 Å². The van der Waals surface area contributed by atoms with Crippen LogP contribution >= 0.6 is 0 Å². The first-order chi connectivity index (χ1) is 17.3. The van der Waals surface area contributed by atoms with E-state index < -0.39 is 33.6 Å². The third kappa shape index (κ3) is 7.43.